The summed E-state index contributed by atoms with van der Waals surface area (Å²) < 4.78 is 0.662. The molecule has 0 aliphatic rings. The molecule has 5 nitrogen and oxygen atoms in total. The molecule has 1 aromatic carbocycles. The largest absolute Gasteiger partial charge is 0.397 e. The van der Waals surface area contributed by atoms with Gasteiger partial charge in [0.2, 0.25) is 5.91 Å². The lowest BCUT2D eigenvalue weighted by atomic mass is 10.2. The number of nitrogens with zero attached hydrogens (tertiary/aromatic N) is 2. The van der Waals surface area contributed by atoms with Gasteiger partial charge in [0.15, 0.2) is 0 Å². The first kappa shape index (κ1) is 14.0. The first-order valence-corrected chi connectivity index (χ1v) is 6.57. The molecule has 0 radical (unpaired) electrons. The van der Waals surface area contributed by atoms with Gasteiger partial charge in [-0.1, -0.05) is 0 Å². The lowest BCUT2D eigenvalue weighted by molar-refractivity contribution is -0.115. The molecule has 0 saturated heterocycles. The highest BCUT2D eigenvalue weighted by Gasteiger charge is 2.08. The summed E-state index contributed by atoms with van der Waals surface area (Å²) in [6, 6.07) is 10.4. The highest BCUT2D eigenvalue weighted by molar-refractivity contribution is 9.10. The lowest BCUT2D eigenvalue weighted by Gasteiger charge is -2.07. The third-order valence-corrected chi connectivity index (χ3v) is 3.22. The van der Waals surface area contributed by atoms with Gasteiger partial charge in [0.1, 0.15) is 0 Å². The Hall–Kier alpha value is -2.39. The van der Waals surface area contributed by atoms with Gasteiger partial charge >= 0.3 is 0 Å². The van der Waals surface area contributed by atoms with Crippen LogP contribution in [-0.2, 0) is 11.2 Å². The predicted octanol–water partition coefficient (Wildman–Crippen LogP) is 2.48. The number of carbonyl (C=O) groups is 1. The first-order chi connectivity index (χ1) is 9.58. The number of pyridine rings is 1. The number of hydrogen-bond acceptors (Lipinski definition) is 4. The number of rotatable bonds is 3. The van der Waals surface area contributed by atoms with E-state index in [2.05, 4.69) is 26.2 Å². The van der Waals surface area contributed by atoms with Crippen LogP contribution in [0.3, 0.4) is 0 Å². The van der Waals surface area contributed by atoms with Crippen LogP contribution in [0.4, 0.5) is 11.4 Å². The van der Waals surface area contributed by atoms with Crippen molar-refractivity contribution in [3.63, 3.8) is 0 Å². The van der Waals surface area contributed by atoms with Gasteiger partial charge in [-0.2, -0.15) is 5.26 Å². The van der Waals surface area contributed by atoms with E-state index in [1.807, 2.05) is 6.07 Å². The molecule has 0 fully saturated rings. The number of hydrogen-bond donors (Lipinski definition) is 2. The zero-order chi connectivity index (χ0) is 14.5. The normalized spacial score (nSPS) is 9.80. The van der Waals surface area contributed by atoms with E-state index in [1.165, 1.54) is 6.20 Å². The number of nitrogens with two attached hydrogens (primary N) is 1. The maximum atomic E-state index is 11.9. The van der Waals surface area contributed by atoms with Gasteiger partial charge in [0, 0.05) is 10.2 Å². The molecular formula is C14H11BrN4O. The molecule has 0 atom stereocenters. The second-order valence-corrected chi connectivity index (χ2v) is 4.97. The van der Waals surface area contributed by atoms with Crippen LogP contribution in [0.2, 0.25) is 0 Å². The van der Waals surface area contributed by atoms with E-state index in [0.717, 1.165) is 0 Å². The first-order valence-electron chi connectivity index (χ1n) is 5.78. The Morgan fingerprint density at radius 2 is 2.20 bits per heavy atom. The Morgan fingerprint density at radius 3 is 2.80 bits per heavy atom. The number of anilines is 2. The second-order valence-electron chi connectivity index (χ2n) is 4.11. The third kappa shape index (κ3) is 3.56. The van der Waals surface area contributed by atoms with Crippen LogP contribution in [0.25, 0.3) is 0 Å². The molecule has 1 amide bonds. The van der Waals surface area contributed by atoms with Crippen LogP contribution in [0.1, 0.15) is 11.3 Å². The van der Waals surface area contributed by atoms with Gasteiger partial charge in [-0.15, -0.1) is 0 Å². The maximum Gasteiger partial charge on any atom is 0.230 e. The molecule has 3 N–H and O–H groups in total. The molecule has 2 aromatic rings. The van der Waals surface area contributed by atoms with Crippen LogP contribution >= 0.6 is 15.9 Å². The number of nitriles is 1. The molecule has 100 valence electrons. The van der Waals surface area contributed by atoms with Crippen molar-refractivity contribution in [1.82, 2.24) is 4.98 Å². The molecule has 6 heteroatoms. The quantitative estimate of drug-likeness (QED) is 0.904. The standard InChI is InChI=1S/C14H11BrN4O/c15-12-5-9(7-16)1-4-13(12)19-14(20)6-11-3-2-10(17)8-18-11/h1-5,8H,6,17H2,(H,19,20). The van der Waals surface area contributed by atoms with Crippen molar-refractivity contribution in [3.05, 3.63) is 52.3 Å². The van der Waals surface area contributed by atoms with Crippen molar-refractivity contribution < 1.29 is 4.79 Å². The fraction of sp³-hybridized carbons (Fsp3) is 0.0714. The fourth-order valence-electron chi connectivity index (χ4n) is 1.59. The summed E-state index contributed by atoms with van der Waals surface area (Å²) in [7, 11) is 0. The molecule has 0 saturated carbocycles. The van der Waals surface area contributed by atoms with Crippen molar-refractivity contribution in [1.29, 1.82) is 5.26 Å². The Balaban J connectivity index is 2.05. The van der Waals surface area contributed by atoms with Crippen LogP contribution in [0.15, 0.2) is 41.0 Å². The average molecular weight is 331 g/mol. The molecule has 0 bridgehead atoms. The molecule has 0 spiro atoms. The Labute approximate surface area is 124 Å². The van der Waals surface area contributed by atoms with E-state index in [-0.39, 0.29) is 12.3 Å². The van der Waals surface area contributed by atoms with E-state index in [0.29, 0.717) is 27.1 Å². The number of nitrogens with one attached hydrogen (secondary N) is 1. The van der Waals surface area contributed by atoms with Gasteiger partial charge in [-0.05, 0) is 46.3 Å². The van der Waals surface area contributed by atoms with Gasteiger partial charge < -0.3 is 11.1 Å². The van der Waals surface area contributed by atoms with E-state index in [1.54, 1.807) is 30.3 Å². The van der Waals surface area contributed by atoms with Crippen LogP contribution in [0, 0.1) is 11.3 Å². The average Bonchev–Trinajstić information content (AvgIpc) is 2.43. The minimum Gasteiger partial charge on any atom is -0.397 e. The van der Waals surface area contributed by atoms with E-state index in [9.17, 15) is 4.79 Å². The summed E-state index contributed by atoms with van der Waals surface area (Å²) in [6.45, 7) is 0. The minimum absolute atomic E-state index is 0.159. The third-order valence-electron chi connectivity index (χ3n) is 2.56. The van der Waals surface area contributed by atoms with Gasteiger partial charge in [0.05, 0.1) is 35.6 Å². The molecule has 1 heterocycles. The van der Waals surface area contributed by atoms with Gasteiger partial charge in [0.25, 0.3) is 0 Å². The van der Waals surface area contributed by atoms with E-state index in [4.69, 9.17) is 11.0 Å². The zero-order valence-corrected chi connectivity index (χ0v) is 12.0. The predicted molar refractivity (Wildman–Crippen MR) is 79.8 cm³/mol. The summed E-state index contributed by atoms with van der Waals surface area (Å²) in [5.41, 5.74) is 7.87. The Kier molecular flexibility index (Phi) is 4.33. The molecule has 0 aliphatic carbocycles. The summed E-state index contributed by atoms with van der Waals surface area (Å²) >= 11 is 3.31. The van der Waals surface area contributed by atoms with Gasteiger partial charge in [-0.25, -0.2) is 0 Å². The number of amides is 1. The zero-order valence-electron chi connectivity index (χ0n) is 10.4. The van der Waals surface area contributed by atoms with Crippen molar-refractivity contribution in [3.8, 4) is 6.07 Å². The molecule has 2 rings (SSSR count). The van der Waals surface area contributed by atoms with E-state index < -0.39 is 0 Å². The van der Waals surface area contributed by atoms with Crippen LogP contribution in [0.5, 0.6) is 0 Å². The van der Waals surface area contributed by atoms with Crippen molar-refractivity contribution >= 4 is 33.2 Å². The molecule has 0 unspecified atom stereocenters. The minimum atomic E-state index is -0.187. The summed E-state index contributed by atoms with van der Waals surface area (Å²) in [4.78, 5) is 16.0. The number of halogens is 1. The number of aromatic nitrogens is 1. The number of nitrogen functional groups attached to an aromatic ring is 1. The van der Waals surface area contributed by atoms with Crippen LogP contribution < -0.4 is 11.1 Å². The Bertz CT molecular complexity index is 677. The molecular weight excluding hydrogens is 320 g/mol. The summed E-state index contributed by atoms with van der Waals surface area (Å²) in [5, 5.41) is 11.5. The van der Waals surface area contributed by atoms with Crippen LogP contribution in [-0.4, -0.2) is 10.9 Å². The monoisotopic (exact) mass is 330 g/mol. The second kappa shape index (κ2) is 6.17. The topological polar surface area (TPSA) is 91.8 Å². The van der Waals surface area contributed by atoms with E-state index >= 15 is 0 Å². The lowest BCUT2D eigenvalue weighted by Crippen LogP contribution is -2.15. The highest BCUT2D eigenvalue weighted by Crippen LogP contribution is 2.23. The number of carbonyl (C=O) groups excluding carboxylic acids is 1. The molecule has 0 aliphatic heterocycles. The van der Waals surface area contributed by atoms with Crippen molar-refractivity contribution in [2.45, 2.75) is 6.42 Å². The summed E-state index contributed by atoms with van der Waals surface area (Å²) in [6.07, 6.45) is 1.67. The van der Waals surface area contributed by atoms with Crippen molar-refractivity contribution in [2.75, 3.05) is 11.1 Å². The fourth-order valence-corrected chi connectivity index (χ4v) is 2.06. The number of benzene rings is 1. The molecule has 1 aromatic heterocycles. The SMILES string of the molecule is N#Cc1ccc(NC(=O)Cc2ccc(N)cn2)c(Br)c1. The maximum absolute atomic E-state index is 11.9. The molecule has 20 heavy (non-hydrogen) atoms. The summed E-state index contributed by atoms with van der Waals surface area (Å²) in [5.74, 6) is -0.187. The highest BCUT2D eigenvalue weighted by atomic mass is 79.9. The van der Waals surface area contributed by atoms with Crippen molar-refractivity contribution in [2.24, 2.45) is 0 Å². The van der Waals surface area contributed by atoms with Gasteiger partial charge in [-0.3, -0.25) is 9.78 Å². The Morgan fingerprint density at radius 1 is 1.40 bits per heavy atom. The smallest absolute Gasteiger partial charge is 0.230 e.